The van der Waals surface area contributed by atoms with Gasteiger partial charge in [0.15, 0.2) is 0 Å². The predicted molar refractivity (Wildman–Crippen MR) is 51.2 cm³/mol. The standard InChI is InChI=1S/C10H21NO/c1-4-11-10(7-12-5-2)9-6-8(9)3/h8-11H,4-7H2,1-3H3. The van der Waals surface area contributed by atoms with E-state index in [1.165, 1.54) is 6.42 Å². The first kappa shape index (κ1) is 10.0. The molecule has 1 saturated carbocycles. The van der Waals surface area contributed by atoms with Crippen molar-refractivity contribution in [2.75, 3.05) is 19.8 Å². The molecule has 0 aromatic heterocycles. The first-order valence-corrected chi connectivity index (χ1v) is 5.10. The van der Waals surface area contributed by atoms with E-state index in [0.29, 0.717) is 6.04 Å². The molecule has 1 rings (SSSR count). The van der Waals surface area contributed by atoms with Crippen molar-refractivity contribution >= 4 is 0 Å². The van der Waals surface area contributed by atoms with E-state index in [0.717, 1.165) is 31.6 Å². The Morgan fingerprint density at radius 1 is 1.50 bits per heavy atom. The van der Waals surface area contributed by atoms with E-state index in [2.05, 4.69) is 26.1 Å². The molecular formula is C10H21NO. The third-order valence-electron chi connectivity index (χ3n) is 2.66. The Balaban J connectivity index is 2.19. The highest BCUT2D eigenvalue weighted by Gasteiger charge is 2.38. The van der Waals surface area contributed by atoms with Crippen molar-refractivity contribution in [2.45, 2.75) is 33.2 Å². The first-order chi connectivity index (χ1) is 5.79. The second kappa shape index (κ2) is 4.83. The van der Waals surface area contributed by atoms with Gasteiger partial charge in [-0.2, -0.15) is 0 Å². The maximum atomic E-state index is 5.44. The molecule has 72 valence electrons. The molecule has 0 spiro atoms. The normalized spacial score (nSPS) is 30.2. The van der Waals surface area contributed by atoms with E-state index in [-0.39, 0.29) is 0 Å². The van der Waals surface area contributed by atoms with Gasteiger partial charge >= 0.3 is 0 Å². The molecule has 3 atom stereocenters. The molecule has 2 nitrogen and oxygen atoms in total. The zero-order valence-corrected chi connectivity index (χ0v) is 8.47. The second-order valence-electron chi connectivity index (χ2n) is 3.70. The number of hydrogen-bond acceptors (Lipinski definition) is 2. The number of likely N-dealkylation sites (N-methyl/N-ethyl adjacent to an activating group) is 1. The van der Waals surface area contributed by atoms with Gasteiger partial charge in [0.05, 0.1) is 6.61 Å². The van der Waals surface area contributed by atoms with Crippen molar-refractivity contribution in [1.82, 2.24) is 5.32 Å². The summed E-state index contributed by atoms with van der Waals surface area (Å²) in [6, 6.07) is 0.602. The summed E-state index contributed by atoms with van der Waals surface area (Å²) in [4.78, 5) is 0. The molecule has 12 heavy (non-hydrogen) atoms. The lowest BCUT2D eigenvalue weighted by atomic mass is 10.1. The van der Waals surface area contributed by atoms with Crippen LogP contribution in [-0.4, -0.2) is 25.8 Å². The summed E-state index contributed by atoms with van der Waals surface area (Å²) < 4.78 is 5.44. The fourth-order valence-corrected chi connectivity index (χ4v) is 1.75. The van der Waals surface area contributed by atoms with Crippen LogP contribution in [0.15, 0.2) is 0 Å². The molecule has 2 heteroatoms. The van der Waals surface area contributed by atoms with Gasteiger partial charge in [-0.15, -0.1) is 0 Å². The Bertz CT molecular complexity index is 127. The van der Waals surface area contributed by atoms with Gasteiger partial charge in [0.1, 0.15) is 0 Å². The molecule has 1 N–H and O–H groups in total. The average molecular weight is 171 g/mol. The Labute approximate surface area is 75.7 Å². The van der Waals surface area contributed by atoms with Crippen LogP contribution in [0.3, 0.4) is 0 Å². The maximum Gasteiger partial charge on any atom is 0.0622 e. The Hall–Kier alpha value is -0.0800. The summed E-state index contributed by atoms with van der Waals surface area (Å²) >= 11 is 0. The van der Waals surface area contributed by atoms with E-state index in [1.807, 2.05) is 0 Å². The molecule has 0 aliphatic heterocycles. The molecule has 0 amide bonds. The number of ether oxygens (including phenoxy) is 1. The minimum absolute atomic E-state index is 0.602. The smallest absolute Gasteiger partial charge is 0.0622 e. The van der Waals surface area contributed by atoms with Gasteiger partial charge in [-0.25, -0.2) is 0 Å². The molecule has 0 saturated heterocycles. The summed E-state index contributed by atoms with van der Waals surface area (Å²) in [5, 5.41) is 3.48. The summed E-state index contributed by atoms with van der Waals surface area (Å²) in [6.07, 6.45) is 1.38. The molecule has 0 aromatic rings. The fraction of sp³-hybridized carbons (Fsp3) is 1.00. The molecule has 0 heterocycles. The Morgan fingerprint density at radius 3 is 2.58 bits per heavy atom. The van der Waals surface area contributed by atoms with Gasteiger partial charge in [-0.3, -0.25) is 0 Å². The predicted octanol–water partition coefficient (Wildman–Crippen LogP) is 1.66. The third-order valence-corrected chi connectivity index (χ3v) is 2.66. The van der Waals surface area contributed by atoms with Crippen LogP contribution in [0.5, 0.6) is 0 Å². The number of rotatable bonds is 6. The molecule has 3 unspecified atom stereocenters. The van der Waals surface area contributed by atoms with E-state index >= 15 is 0 Å². The summed E-state index contributed by atoms with van der Waals surface area (Å²) in [5.41, 5.74) is 0. The third kappa shape index (κ3) is 2.76. The van der Waals surface area contributed by atoms with Crippen LogP contribution in [0.25, 0.3) is 0 Å². The van der Waals surface area contributed by atoms with Crippen molar-refractivity contribution in [3.8, 4) is 0 Å². The van der Waals surface area contributed by atoms with Crippen LogP contribution >= 0.6 is 0 Å². The SMILES string of the molecule is CCNC(COCC)C1CC1C. The summed E-state index contributed by atoms with van der Waals surface area (Å²) in [5.74, 6) is 1.78. The molecular weight excluding hydrogens is 150 g/mol. The van der Waals surface area contributed by atoms with Crippen LogP contribution in [0.4, 0.5) is 0 Å². The van der Waals surface area contributed by atoms with Gasteiger partial charge in [-0.05, 0) is 31.7 Å². The number of hydrogen-bond donors (Lipinski definition) is 1. The van der Waals surface area contributed by atoms with Crippen molar-refractivity contribution in [3.63, 3.8) is 0 Å². The topological polar surface area (TPSA) is 21.3 Å². The lowest BCUT2D eigenvalue weighted by Crippen LogP contribution is -2.35. The fourth-order valence-electron chi connectivity index (χ4n) is 1.75. The van der Waals surface area contributed by atoms with Crippen LogP contribution in [0.1, 0.15) is 27.2 Å². The maximum absolute atomic E-state index is 5.44. The molecule has 1 fully saturated rings. The van der Waals surface area contributed by atoms with Gasteiger partial charge in [0.2, 0.25) is 0 Å². The van der Waals surface area contributed by atoms with Gasteiger partial charge < -0.3 is 10.1 Å². The van der Waals surface area contributed by atoms with Crippen molar-refractivity contribution < 1.29 is 4.74 Å². The summed E-state index contributed by atoms with van der Waals surface area (Å²) in [6.45, 7) is 9.32. The van der Waals surface area contributed by atoms with Crippen LogP contribution in [0, 0.1) is 11.8 Å². The van der Waals surface area contributed by atoms with Crippen molar-refractivity contribution in [1.29, 1.82) is 0 Å². The van der Waals surface area contributed by atoms with E-state index in [4.69, 9.17) is 4.74 Å². The molecule has 1 aliphatic carbocycles. The van der Waals surface area contributed by atoms with Gasteiger partial charge in [0, 0.05) is 12.6 Å². The van der Waals surface area contributed by atoms with Gasteiger partial charge in [0.25, 0.3) is 0 Å². The highest BCUT2D eigenvalue weighted by atomic mass is 16.5. The van der Waals surface area contributed by atoms with Crippen LogP contribution in [0.2, 0.25) is 0 Å². The lowest BCUT2D eigenvalue weighted by molar-refractivity contribution is 0.115. The Morgan fingerprint density at radius 2 is 2.17 bits per heavy atom. The quantitative estimate of drug-likeness (QED) is 0.656. The first-order valence-electron chi connectivity index (χ1n) is 5.10. The Kier molecular flexibility index (Phi) is 4.02. The lowest BCUT2D eigenvalue weighted by Gasteiger charge is -2.17. The van der Waals surface area contributed by atoms with Crippen LogP contribution in [-0.2, 0) is 4.74 Å². The largest absolute Gasteiger partial charge is 0.380 e. The summed E-state index contributed by atoms with van der Waals surface area (Å²) in [7, 11) is 0. The monoisotopic (exact) mass is 171 g/mol. The van der Waals surface area contributed by atoms with Crippen molar-refractivity contribution in [2.24, 2.45) is 11.8 Å². The van der Waals surface area contributed by atoms with Gasteiger partial charge in [-0.1, -0.05) is 13.8 Å². The number of nitrogens with one attached hydrogen (secondary N) is 1. The second-order valence-corrected chi connectivity index (χ2v) is 3.70. The molecule has 0 aromatic carbocycles. The van der Waals surface area contributed by atoms with E-state index in [9.17, 15) is 0 Å². The molecule has 0 radical (unpaired) electrons. The zero-order chi connectivity index (χ0) is 8.97. The van der Waals surface area contributed by atoms with E-state index in [1.54, 1.807) is 0 Å². The molecule has 1 aliphatic rings. The van der Waals surface area contributed by atoms with Crippen LogP contribution < -0.4 is 5.32 Å². The average Bonchev–Trinajstić information content (AvgIpc) is 2.76. The minimum Gasteiger partial charge on any atom is -0.380 e. The van der Waals surface area contributed by atoms with Crippen molar-refractivity contribution in [3.05, 3.63) is 0 Å². The van der Waals surface area contributed by atoms with E-state index < -0.39 is 0 Å². The molecule has 0 bridgehead atoms. The minimum atomic E-state index is 0.602. The highest BCUT2D eigenvalue weighted by molar-refractivity contribution is 4.92. The zero-order valence-electron chi connectivity index (χ0n) is 8.47. The highest BCUT2D eigenvalue weighted by Crippen LogP contribution is 2.40.